The third-order valence-corrected chi connectivity index (χ3v) is 4.05. The fraction of sp³-hybridized carbons (Fsp3) is 0.533. The molecule has 1 aliphatic rings. The number of nitrogens with one attached hydrogen (secondary N) is 1. The van der Waals surface area contributed by atoms with Crippen molar-refractivity contribution < 1.29 is 0 Å². The Labute approximate surface area is 108 Å². The zero-order valence-corrected chi connectivity index (χ0v) is 11.2. The highest BCUT2D eigenvalue weighted by molar-refractivity contribution is 5.75. The summed E-state index contributed by atoms with van der Waals surface area (Å²) < 4.78 is 0. The molecule has 2 aromatic rings. The van der Waals surface area contributed by atoms with Gasteiger partial charge in [0, 0.05) is 12.0 Å². The van der Waals surface area contributed by atoms with Crippen LogP contribution in [0.2, 0.25) is 0 Å². The number of aromatic nitrogens is 2. The molecule has 1 saturated heterocycles. The number of rotatable bonds is 3. The average molecular weight is 243 g/mol. The molecule has 1 aromatic carbocycles. The van der Waals surface area contributed by atoms with E-state index >= 15 is 0 Å². The molecular weight excluding hydrogens is 222 g/mol. The molecule has 3 heteroatoms. The van der Waals surface area contributed by atoms with Gasteiger partial charge in [-0.1, -0.05) is 26.0 Å². The normalized spacial score (nSPS) is 25.0. The minimum atomic E-state index is 0.189. The van der Waals surface area contributed by atoms with Crippen LogP contribution in [0, 0.1) is 0 Å². The fourth-order valence-electron chi connectivity index (χ4n) is 3.00. The van der Waals surface area contributed by atoms with Crippen molar-refractivity contribution in [3.63, 3.8) is 0 Å². The SMILES string of the molecule is CCCN1CCC(C)(c2nc3ccccc3[nH]2)C1. The minimum Gasteiger partial charge on any atom is -0.341 e. The third kappa shape index (κ3) is 1.93. The largest absolute Gasteiger partial charge is 0.341 e. The molecule has 96 valence electrons. The van der Waals surface area contributed by atoms with Gasteiger partial charge in [0.15, 0.2) is 0 Å². The molecule has 0 aliphatic carbocycles. The first-order valence-corrected chi connectivity index (χ1v) is 6.89. The number of para-hydroxylation sites is 2. The number of likely N-dealkylation sites (tertiary alicyclic amines) is 1. The van der Waals surface area contributed by atoms with Crippen LogP contribution in [0.1, 0.15) is 32.5 Å². The van der Waals surface area contributed by atoms with Crippen LogP contribution in [-0.4, -0.2) is 34.5 Å². The van der Waals surface area contributed by atoms with E-state index in [1.807, 2.05) is 6.07 Å². The first-order chi connectivity index (χ1) is 8.71. The number of H-pyrrole nitrogens is 1. The lowest BCUT2D eigenvalue weighted by Gasteiger charge is -2.22. The maximum absolute atomic E-state index is 4.78. The second-order valence-electron chi connectivity index (χ2n) is 5.69. The Morgan fingerprint density at radius 3 is 3.00 bits per heavy atom. The zero-order chi connectivity index (χ0) is 12.6. The molecular formula is C15H21N3. The Morgan fingerprint density at radius 1 is 1.39 bits per heavy atom. The summed E-state index contributed by atoms with van der Waals surface area (Å²) in [6, 6.07) is 8.30. The van der Waals surface area contributed by atoms with E-state index in [4.69, 9.17) is 4.98 Å². The lowest BCUT2D eigenvalue weighted by molar-refractivity contribution is 0.314. The van der Waals surface area contributed by atoms with Gasteiger partial charge in [0.25, 0.3) is 0 Å². The molecule has 1 fully saturated rings. The summed E-state index contributed by atoms with van der Waals surface area (Å²) in [5.41, 5.74) is 2.43. The van der Waals surface area contributed by atoms with Crippen molar-refractivity contribution in [3.05, 3.63) is 30.1 Å². The van der Waals surface area contributed by atoms with Crippen molar-refractivity contribution in [3.8, 4) is 0 Å². The zero-order valence-electron chi connectivity index (χ0n) is 11.2. The minimum absolute atomic E-state index is 0.189. The predicted octanol–water partition coefficient (Wildman–Crippen LogP) is 2.94. The van der Waals surface area contributed by atoms with E-state index in [2.05, 4.69) is 41.9 Å². The monoisotopic (exact) mass is 243 g/mol. The lowest BCUT2D eigenvalue weighted by atomic mass is 9.89. The van der Waals surface area contributed by atoms with Crippen molar-refractivity contribution >= 4 is 11.0 Å². The van der Waals surface area contributed by atoms with Crippen LogP contribution < -0.4 is 0 Å². The van der Waals surface area contributed by atoms with E-state index in [1.54, 1.807) is 0 Å². The predicted molar refractivity (Wildman–Crippen MR) is 74.8 cm³/mol. The number of nitrogens with zero attached hydrogens (tertiary/aromatic N) is 2. The van der Waals surface area contributed by atoms with E-state index in [9.17, 15) is 0 Å². The van der Waals surface area contributed by atoms with Crippen molar-refractivity contribution in [2.45, 2.75) is 32.1 Å². The molecule has 1 atom stereocenters. The molecule has 0 amide bonds. The van der Waals surface area contributed by atoms with Crippen LogP contribution in [0.3, 0.4) is 0 Å². The topological polar surface area (TPSA) is 31.9 Å². The molecule has 0 bridgehead atoms. The van der Waals surface area contributed by atoms with E-state index in [1.165, 1.54) is 25.9 Å². The quantitative estimate of drug-likeness (QED) is 0.899. The van der Waals surface area contributed by atoms with Gasteiger partial charge in [-0.25, -0.2) is 4.98 Å². The van der Waals surface area contributed by atoms with Gasteiger partial charge in [0.2, 0.25) is 0 Å². The van der Waals surface area contributed by atoms with Crippen LogP contribution in [-0.2, 0) is 5.41 Å². The van der Waals surface area contributed by atoms with Gasteiger partial charge >= 0.3 is 0 Å². The Kier molecular flexibility index (Phi) is 2.86. The van der Waals surface area contributed by atoms with Crippen LogP contribution in [0.4, 0.5) is 0 Å². The smallest absolute Gasteiger partial charge is 0.114 e. The molecule has 1 N–H and O–H groups in total. The average Bonchev–Trinajstić information content (AvgIpc) is 2.95. The number of benzene rings is 1. The first-order valence-electron chi connectivity index (χ1n) is 6.89. The van der Waals surface area contributed by atoms with Crippen molar-refractivity contribution in [2.75, 3.05) is 19.6 Å². The number of hydrogen-bond donors (Lipinski definition) is 1. The van der Waals surface area contributed by atoms with E-state index < -0.39 is 0 Å². The second-order valence-corrected chi connectivity index (χ2v) is 5.69. The van der Waals surface area contributed by atoms with E-state index in [0.717, 1.165) is 23.4 Å². The van der Waals surface area contributed by atoms with Crippen LogP contribution >= 0.6 is 0 Å². The highest BCUT2D eigenvalue weighted by Gasteiger charge is 2.37. The molecule has 3 nitrogen and oxygen atoms in total. The summed E-state index contributed by atoms with van der Waals surface area (Å²) in [5.74, 6) is 1.15. The molecule has 0 spiro atoms. The molecule has 1 aromatic heterocycles. The Hall–Kier alpha value is -1.35. The summed E-state index contributed by atoms with van der Waals surface area (Å²) in [7, 11) is 0. The number of hydrogen-bond acceptors (Lipinski definition) is 2. The number of imidazole rings is 1. The van der Waals surface area contributed by atoms with E-state index in [-0.39, 0.29) is 5.41 Å². The maximum atomic E-state index is 4.78. The van der Waals surface area contributed by atoms with Crippen molar-refractivity contribution in [2.24, 2.45) is 0 Å². The highest BCUT2D eigenvalue weighted by Crippen LogP contribution is 2.33. The lowest BCUT2D eigenvalue weighted by Crippen LogP contribution is -2.29. The molecule has 0 radical (unpaired) electrons. The van der Waals surface area contributed by atoms with E-state index in [0.29, 0.717) is 0 Å². The third-order valence-electron chi connectivity index (χ3n) is 4.05. The molecule has 18 heavy (non-hydrogen) atoms. The molecule has 0 saturated carbocycles. The van der Waals surface area contributed by atoms with Crippen molar-refractivity contribution in [1.82, 2.24) is 14.9 Å². The Balaban J connectivity index is 1.89. The van der Waals surface area contributed by atoms with Crippen LogP contribution in [0.15, 0.2) is 24.3 Å². The summed E-state index contributed by atoms with van der Waals surface area (Å²) in [6.45, 7) is 8.11. The highest BCUT2D eigenvalue weighted by atomic mass is 15.2. The van der Waals surface area contributed by atoms with Gasteiger partial charge < -0.3 is 9.88 Å². The fourth-order valence-corrected chi connectivity index (χ4v) is 3.00. The molecule has 1 unspecified atom stereocenters. The van der Waals surface area contributed by atoms with Gasteiger partial charge in [-0.05, 0) is 38.1 Å². The molecule has 3 rings (SSSR count). The summed E-state index contributed by atoms with van der Waals surface area (Å²) >= 11 is 0. The second kappa shape index (κ2) is 4.39. The summed E-state index contributed by atoms with van der Waals surface area (Å²) in [4.78, 5) is 10.8. The maximum Gasteiger partial charge on any atom is 0.114 e. The molecule has 2 heterocycles. The van der Waals surface area contributed by atoms with Crippen LogP contribution in [0.5, 0.6) is 0 Å². The van der Waals surface area contributed by atoms with Crippen LogP contribution in [0.25, 0.3) is 11.0 Å². The number of aromatic amines is 1. The summed E-state index contributed by atoms with van der Waals surface area (Å²) in [5, 5.41) is 0. The van der Waals surface area contributed by atoms with Gasteiger partial charge in [-0.2, -0.15) is 0 Å². The van der Waals surface area contributed by atoms with Gasteiger partial charge in [-0.15, -0.1) is 0 Å². The first kappa shape index (κ1) is 11.7. The standard InChI is InChI=1S/C15H21N3/c1-3-9-18-10-8-15(2,11-18)14-16-12-6-4-5-7-13(12)17-14/h4-7H,3,8-11H2,1-2H3,(H,16,17). The molecule has 1 aliphatic heterocycles. The summed E-state index contributed by atoms with van der Waals surface area (Å²) in [6.07, 6.45) is 2.43. The van der Waals surface area contributed by atoms with Gasteiger partial charge in [0.05, 0.1) is 11.0 Å². The van der Waals surface area contributed by atoms with Gasteiger partial charge in [0.1, 0.15) is 5.82 Å². The van der Waals surface area contributed by atoms with Gasteiger partial charge in [-0.3, -0.25) is 0 Å². The number of fused-ring (bicyclic) bond motifs is 1. The van der Waals surface area contributed by atoms with Crippen molar-refractivity contribution in [1.29, 1.82) is 0 Å². The Morgan fingerprint density at radius 2 is 2.22 bits per heavy atom. The Bertz CT molecular complexity index is 512.